The lowest BCUT2D eigenvalue weighted by Gasteiger charge is -2.36. The molecule has 0 radical (unpaired) electrons. The van der Waals surface area contributed by atoms with Gasteiger partial charge in [-0.05, 0) is 24.2 Å². The zero-order chi connectivity index (χ0) is 30.7. The predicted octanol–water partition coefficient (Wildman–Crippen LogP) is 2.75. The van der Waals surface area contributed by atoms with E-state index in [0.29, 0.717) is 57.5 Å². The van der Waals surface area contributed by atoms with Crippen molar-refractivity contribution >= 4 is 29.7 Å². The predicted molar refractivity (Wildman–Crippen MR) is 158 cm³/mol. The number of amides is 3. The number of benzene rings is 1. The lowest BCUT2D eigenvalue weighted by molar-refractivity contribution is -0.139. The summed E-state index contributed by atoms with van der Waals surface area (Å²) >= 11 is 0. The van der Waals surface area contributed by atoms with Crippen molar-refractivity contribution in [2.75, 3.05) is 50.8 Å². The van der Waals surface area contributed by atoms with Gasteiger partial charge in [0.2, 0.25) is 5.91 Å². The molecule has 2 aromatic rings. The van der Waals surface area contributed by atoms with Crippen LogP contribution < -0.4 is 10.2 Å². The quantitative estimate of drug-likeness (QED) is 0.398. The van der Waals surface area contributed by atoms with Crippen LogP contribution in [0.25, 0.3) is 11.4 Å². The van der Waals surface area contributed by atoms with Crippen LogP contribution in [0.5, 0.6) is 0 Å². The maximum atomic E-state index is 13.6. The molecule has 1 aromatic carbocycles. The highest BCUT2D eigenvalue weighted by Crippen LogP contribution is 2.52. The standard InChI is InChI=1S/C31H40N6O6/c1-4-5-15-43-31(42)36-13-11-35(12-14-36)29(39)26(19(2)3)34-28(38)23-16-24(33-27(32-23)20-9-7-6-8-10-20)37-17-21-22(18-37)25(21)30(40)41/h6-10,16,19,21-22,25-26H,4-5,11-15,17-18H2,1-3H3,(H,34,38)(H,40,41)/t21-,22+,25?,26-/m0/s1. The van der Waals surface area contributed by atoms with Crippen LogP contribution in [0.4, 0.5) is 10.6 Å². The molecule has 12 heteroatoms. The number of carbonyl (C=O) groups excluding carboxylic acids is 3. The first-order valence-corrected chi connectivity index (χ1v) is 15.1. The Kier molecular flexibility index (Phi) is 9.12. The molecule has 1 aliphatic carbocycles. The largest absolute Gasteiger partial charge is 0.481 e. The fraction of sp³-hybridized carbons (Fsp3) is 0.548. The summed E-state index contributed by atoms with van der Waals surface area (Å²) in [5, 5.41) is 12.3. The number of piperazine rings is 1. The van der Waals surface area contributed by atoms with Gasteiger partial charge < -0.3 is 29.9 Å². The lowest BCUT2D eigenvalue weighted by atomic mass is 10.0. The molecule has 0 bridgehead atoms. The van der Waals surface area contributed by atoms with Crippen LogP contribution in [-0.4, -0.2) is 101 Å². The van der Waals surface area contributed by atoms with E-state index >= 15 is 0 Å². The van der Waals surface area contributed by atoms with Gasteiger partial charge in [-0.2, -0.15) is 0 Å². The van der Waals surface area contributed by atoms with Crippen molar-refractivity contribution in [1.29, 1.82) is 0 Å². The van der Waals surface area contributed by atoms with E-state index < -0.39 is 17.9 Å². The Hall–Kier alpha value is -4.22. The van der Waals surface area contributed by atoms with Crippen LogP contribution in [0.3, 0.4) is 0 Å². The Morgan fingerprint density at radius 2 is 1.65 bits per heavy atom. The number of hydrogen-bond donors (Lipinski definition) is 2. The van der Waals surface area contributed by atoms with E-state index in [4.69, 9.17) is 9.72 Å². The number of carboxylic acids is 1. The average Bonchev–Trinajstić information content (AvgIpc) is 3.53. The third kappa shape index (κ3) is 6.73. The highest BCUT2D eigenvalue weighted by Gasteiger charge is 2.60. The molecule has 1 aromatic heterocycles. The van der Waals surface area contributed by atoms with Gasteiger partial charge in [0.1, 0.15) is 17.6 Å². The molecule has 230 valence electrons. The molecule has 5 rings (SSSR count). The number of hydrogen-bond acceptors (Lipinski definition) is 8. The van der Waals surface area contributed by atoms with Crippen molar-refractivity contribution in [2.45, 2.75) is 39.7 Å². The molecule has 12 nitrogen and oxygen atoms in total. The van der Waals surface area contributed by atoms with Gasteiger partial charge in [0.15, 0.2) is 5.82 Å². The van der Waals surface area contributed by atoms with Gasteiger partial charge in [-0.3, -0.25) is 14.4 Å². The summed E-state index contributed by atoms with van der Waals surface area (Å²) < 4.78 is 5.30. The minimum absolute atomic E-state index is 0.0755. The lowest BCUT2D eigenvalue weighted by Crippen LogP contribution is -2.57. The summed E-state index contributed by atoms with van der Waals surface area (Å²) in [6.07, 6.45) is 1.39. The number of aliphatic carboxylic acids is 1. The summed E-state index contributed by atoms with van der Waals surface area (Å²) in [6, 6.07) is 10.2. The molecule has 43 heavy (non-hydrogen) atoms. The first-order valence-electron chi connectivity index (χ1n) is 15.1. The third-order valence-corrected chi connectivity index (χ3v) is 8.57. The number of ether oxygens (including phenoxy) is 1. The molecule has 3 heterocycles. The van der Waals surface area contributed by atoms with Crippen LogP contribution in [0.1, 0.15) is 44.1 Å². The molecule has 3 amide bonds. The zero-order valence-corrected chi connectivity index (χ0v) is 24.9. The SMILES string of the molecule is CCCCOC(=O)N1CCN(C(=O)[C@@H](NC(=O)c2cc(N3C[C@@H]4C(C(=O)O)[C@@H]4C3)nc(-c3ccccc3)n2)C(C)C)CC1. The summed E-state index contributed by atoms with van der Waals surface area (Å²) in [5.74, 6) is -0.878. The number of rotatable bonds is 10. The van der Waals surface area contributed by atoms with E-state index in [-0.39, 0.29) is 41.4 Å². The van der Waals surface area contributed by atoms with Crippen molar-refractivity contribution in [3.63, 3.8) is 0 Å². The number of nitrogens with one attached hydrogen (secondary N) is 1. The second kappa shape index (κ2) is 13.0. The molecule has 4 atom stereocenters. The van der Waals surface area contributed by atoms with Crippen LogP contribution in [0, 0.1) is 23.7 Å². The van der Waals surface area contributed by atoms with Crippen molar-refractivity contribution in [3.05, 3.63) is 42.1 Å². The normalized spacial score (nSPS) is 21.8. The van der Waals surface area contributed by atoms with E-state index in [1.807, 2.05) is 56.0 Å². The number of unbranched alkanes of at least 4 members (excludes halogenated alkanes) is 1. The van der Waals surface area contributed by atoms with E-state index in [2.05, 4.69) is 10.3 Å². The molecule has 1 unspecified atom stereocenters. The summed E-state index contributed by atoms with van der Waals surface area (Å²) in [5.41, 5.74) is 0.881. The van der Waals surface area contributed by atoms with Gasteiger partial charge in [0, 0.05) is 50.9 Å². The van der Waals surface area contributed by atoms with E-state index in [1.54, 1.807) is 15.9 Å². The van der Waals surface area contributed by atoms with Gasteiger partial charge in [-0.15, -0.1) is 0 Å². The Balaban J connectivity index is 1.28. The fourth-order valence-electron chi connectivity index (χ4n) is 5.94. The molecule has 3 aliphatic rings. The molecular weight excluding hydrogens is 552 g/mol. The first-order chi connectivity index (χ1) is 20.7. The molecule has 2 saturated heterocycles. The maximum absolute atomic E-state index is 13.6. The number of carboxylic acid groups (broad SMARTS) is 1. The Morgan fingerprint density at radius 3 is 2.26 bits per heavy atom. The molecular formula is C31H40N6O6. The molecule has 2 aliphatic heterocycles. The van der Waals surface area contributed by atoms with Gasteiger partial charge >= 0.3 is 12.1 Å². The number of piperidine rings is 1. The molecule has 3 fully saturated rings. The number of nitrogens with zero attached hydrogens (tertiary/aromatic N) is 5. The van der Waals surface area contributed by atoms with Crippen molar-refractivity contribution in [1.82, 2.24) is 25.1 Å². The number of anilines is 1. The van der Waals surface area contributed by atoms with Gasteiger partial charge in [-0.1, -0.05) is 57.5 Å². The van der Waals surface area contributed by atoms with Crippen molar-refractivity contribution in [3.8, 4) is 11.4 Å². The van der Waals surface area contributed by atoms with E-state index in [0.717, 1.165) is 18.4 Å². The number of fused-ring (bicyclic) bond motifs is 1. The summed E-state index contributed by atoms with van der Waals surface area (Å²) in [6.45, 7) is 8.71. The third-order valence-electron chi connectivity index (χ3n) is 8.57. The minimum atomic E-state index is -0.787. The van der Waals surface area contributed by atoms with Gasteiger partial charge in [-0.25, -0.2) is 14.8 Å². The molecule has 1 saturated carbocycles. The average molecular weight is 593 g/mol. The number of aromatic nitrogens is 2. The van der Waals surface area contributed by atoms with Crippen molar-refractivity contribution in [2.24, 2.45) is 23.7 Å². The Morgan fingerprint density at radius 1 is 1.00 bits per heavy atom. The fourth-order valence-corrected chi connectivity index (χ4v) is 5.94. The highest BCUT2D eigenvalue weighted by molar-refractivity contribution is 5.97. The van der Waals surface area contributed by atoms with Crippen LogP contribution >= 0.6 is 0 Å². The highest BCUT2D eigenvalue weighted by atomic mass is 16.6. The topological polar surface area (TPSA) is 145 Å². The zero-order valence-electron chi connectivity index (χ0n) is 24.9. The monoisotopic (exact) mass is 592 g/mol. The molecule has 0 spiro atoms. The Bertz CT molecular complexity index is 1330. The number of carbonyl (C=O) groups is 4. The van der Waals surface area contributed by atoms with Gasteiger partial charge in [0.05, 0.1) is 12.5 Å². The second-order valence-electron chi connectivity index (χ2n) is 11.9. The maximum Gasteiger partial charge on any atom is 0.409 e. The Labute approximate surface area is 251 Å². The van der Waals surface area contributed by atoms with E-state index in [9.17, 15) is 24.3 Å². The van der Waals surface area contributed by atoms with Gasteiger partial charge in [0.25, 0.3) is 5.91 Å². The van der Waals surface area contributed by atoms with Crippen LogP contribution in [-0.2, 0) is 14.3 Å². The minimum Gasteiger partial charge on any atom is -0.481 e. The summed E-state index contributed by atoms with van der Waals surface area (Å²) in [4.78, 5) is 65.6. The molecule has 2 N–H and O–H groups in total. The summed E-state index contributed by atoms with van der Waals surface area (Å²) in [7, 11) is 0. The smallest absolute Gasteiger partial charge is 0.409 e. The first kappa shape index (κ1) is 30.2. The van der Waals surface area contributed by atoms with Crippen molar-refractivity contribution < 1.29 is 29.0 Å². The van der Waals surface area contributed by atoms with Crippen LogP contribution in [0.15, 0.2) is 36.4 Å². The van der Waals surface area contributed by atoms with E-state index in [1.165, 1.54) is 0 Å². The second-order valence-corrected chi connectivity index (χ2v) is 11.9. The van der Waals surface area contributed by atoms with Crippen LogP contribution in [0.2, 0.25) is 0 Å².